The van der Waals surface area contributed by atoms with Gasteiger partial charge in [-0.15, -0.1) is 0 Å². The number of nitrogens with zero attached hydrogens (tertiary/aromatic N) is 2. The lowest BCUT2D eigenvalue weighted by Crippen LogP contribution is -2.43. The summed E-state index contributed by atoms with van der Waals surface area (Å²) >= 11 is 1.23. The summed E-state index contributed by atoms with van der Waals surface area (Å²) in [6, 6.07) is 0. The fourth-order valence-corrected chi connectivity index (χ4v) is 4.04. The highest BCUT2D eigenvalue weighted by molar-refractivity contribution is 7.95. The summed E-state index contributed by atoms with van der Waals surface area (Å²) in [6.07, 6.45) is 14.2. The zero-order valence-corrected chi connectivity index (χ0v) is 19.6. The molecule has 29 heavy (non-hydrogen) atoms. The van der Waals surface area contributed by atoms with E-state index in [-0.39, 0.29) is 5.91 Å². The van der Waals surface area contributed by atoms with Gasteiger partial charge in [0, 0.05) is 38.3 Å². The lowest BCUT2D eigenvalue weighted by Gasteiger charge is -2.26. The van der Waals surface area contributed by atoms with Gasteiger partial charge in [0.25, 0.3) is 0 Å². The third-order valence-corrected chi connectivity index (χ3v) is 6.18. The molecule has 0 aromatic heterocycles. The molecule has 0 aromatic rings. The molecule has 1 N–H and O–H groups in total. The summed E-state index contributed by atoms with van der Waals surface area (Å²) in [6.45, 7) is 8.67. The van der Waals surface area contributed by atoms with Gasteiger partial charge in [-0.3, -0.25) is 14.3 Å². The van der Waals surface area contributed by atoms with Crippen LogP contribution in [0.2, 0.25) is 0 Å². The van der Waals surface area contributed by atoms with Gasteiger partial charge in [0.15, 0.2) is 0 Å². The van der Waals surface area contributed by atoms with E-state index >= 15 is 0 Å². The molecule has 7 heteroatoms. The fourth-order valence-electron chi connectivity index (χ4n) is 3.41. The highest BCUT2D eigenvalue weighted by Crippen LogP contribution is 2.11. The first-order valence-electron chi connectivity index (χ1n) is 11.8. The lowest BCUT2D eigenvalue weighted by atomic mass is 10.1. The van der Waals surface area contributed by atoms with E-state index in [1.807, 2.05) is 4.31 Å². The first-order chi connectivity index (χ1) is 14.2. The monoisotopic (exact) mass is 429 g/mol. The van der Waals surface area contributed by atoms with Crippen molar-refractivity contribution in [1.29, 1.82) is 0 Å². The predicted octanol–water partition coefficient (Wildman–Crippen LogP) is 4.55. The second-order valence-corrected chi connectivity index (χ2v) is 8.79. The largest absolute Gasteiger partial charge is 0.379 e. The van der Waals surface area contributed by atoms with Crippen molar-refractivity contribution in [3.63, 3.8) is 0 Å². The Morgan fingerprint density at radius 3 is 1.83 bits per heavy atom. The molecule has 1 fully saturated rings. The molecule has 1 aliphatic heterocycles. The number of nitrogens with one attached hydrogen (secondary N) is 1. The van der Waals surface area contributed by atoms with Gasteiger partial charge in [0.05, 0.1) is 13.2 Å². The Bertz CT molecular complexity index is 416. The number of ether oxygens (including phenoxy) is 1. The zero-order valence-electron chi connectivity index (χ0n) is 18.8. The minimum Gasteiger partial charge on any atom is -0.379 e. The molecule has 0 atom stereocenters. The minimum absolute atomic E-state index is 0.382. The van der Waals surface area contributed by atoms with E-state index in [1.165, 1.54) is 63.5 Å². The number of amides is 2. The molecule has 0 bridgehead atoms. The molecule has 0 radical (unpaired) electrons. The molecule has 0 aromatic carbocycles. The second-order valence-electron chi connectivity index (χ2n) is 7.89. The predicted molar refractivity (Wildman–Crippen MR) is 121 cm³/mol. The summed E-state index contributed by atoms with van der Waals surface area (Å²) in [5, 5.41) is 0. The van der Waals surface area contributed by atoms with Crippen molar-refractivity contribution >= 4 is 23.9 Å². The molecule has 0 saturated carbocycles. The number of rotatable bonds is 16. The molecule has 1 heterocycles. The molecule has 6 nitrogen and oxygen atoms in total. The maximum atomic E-state index is 12.7. The van der Waals surface area contributed by atoms with Crippen molar-refractivity contribution in [2.24, 2.45) is 0 Å². The molecular weight excluding hydrogens is 386 g/mol. The molecule has 0 spiro atoms. The molecule has 1 aliphatic rings. The van der Waals surface area contributed by atoms with Crippen molar-refractivity contribution in [3.05, 3.63) is 0 Å². The number of hydrogen-bond donors (Lipinski definition) is 1. The van der Waals surface area contributed by atoms with E-state index in [4.69, 9.17) is 4.74 Å². The highest BCUT2D eigenvalue weighted by atomic mass is 32.2. The molecule has 0 unspecified atom stereocenters. The van der Waals surface area contributed by atoms with E-state index in [9.17, 15) is 9.59 Å². The van der Waals surface area contributed by atoms with Gasteiger partial charge in [0.2, 0.25) is 0 Å². The normalized spacial score (nSPS) is 14.7. The van der Waals surface area contributed by atoms with Gasteiger partial charge < -0.3 is 9.64 Å². The van der Waals surface area contributed by atoms with Crippen molar-refractivity contribution in [2.45, 2.75) is 90.9 Å². The Morgan fingerprint density at radius 1 is 0.828 bits per heavy atom. The molecule has 0 aliphatic carbocycles. The summed E-state index contributed by atoms with van der Waals surface area (Å²) in [5.41, 5.74) is 0. The number of unbranched alkanes of at least 4 members (excludes halogenated alkanes) is 10. The van der Waals surface area contributed by atoms with Crippen LogP contribution in [0.25, 0.3) is 0 Å². The third kappa shape index (κ3) is 13.2. The van der Waals surface area contributed by atoms with Crippen LogP contribution >= 0.6 is 12.1 Å². The van der Waals surface area contributed by atoms with E-state index in [2.05, 4.69) is 18.6 Å². The second kappa shape index (κ2) is 18.0. The topological polar surface area (TPSA) is 61.9 Å². The zero-order chi connectivity index (χ0) is 21.2. The smallest absolute Gasteiger partial charge is 0.320 e. The summed E-state index contributed by atoms with van der Waals surface area (Å²) in [5.74, 6) is -0.883. The SMILES string of the molecule is CCCCCCCCN(CCCCCCCC)C(=O)C(=O)NSN1CCOCC1. The Hall–Kier alpha value is -0.790. The van der Waals surface area contributed by atoms with Crippen LogP contribution in [0.1, 0.15) is 90.9 Å². The number of carbonyl (C=O) groups is 2. The van der Waals surface area contributed by atoms with Crippen LogP contribution in [-0.2, 0) is 14.3 Å². The Balaban J connectivity index is 2.37. The van der Waals surface area contributed by atoms with Crippen LogP contribution in [-0.4, -0.2) is 60.4 Å². The van der Waals surface area contributed by atoms with Crippen molar-refractivity contribution in [3.8, 4) is 0 Å². The third-order valence-electron chi connectivity index (χ3n) is 5.28. The maximum absolute atomic E-state index is 12.7. The van der Waals surface area contributed by atoms with Gasteiger partial charge >= 0.3 is 11.8 Å². The van der Waals surface area contributed by atoms with Crippen LogP contribution in [0.4, 0.5) is 0 Å². The van der Waals surface area contributed by atoms with Crippen molar-refractivity contribution in [2.75, 3.05) is 39.4 Å². The summed E-state index contributed by atoms with van der Waals surface area (Å²) in [4.78, 5) is 26.9. The Labute approximate surface area is 182 Å². The van der Waals surface area contributed by atoms with E-state index in [1.54, 1.807) is 4.90 Å². The number of carbonyl (C=O) groups excluding carboxylic acids is 2. The molecule has 1 rings (SSSR count). The van der Waals surface area contributed by atoms with Crippen LogP contribution < -0.4 is 4.72 Å². The molecule has 170 valence electrons. The first kappa shape index (κ1) is 26.2. The van der Waals surface area contributed by atoms with Crippen molar-refractivity contribution < 1.29 is 14.3 Å². The van der Waals surface area contributed by atoms with Crippen LogP contribution in [0, 0.1) is 0 Å². The fraction of sp³-hybridized carbons (Fsp3) is 0.909. The highest BCUT2D eigenvalue weighted by Gasteiger charge is 2.22. The van der Waals surface area contributed by atoms with Gasteiger partial charge in [0.1, 0.15) is 0 Å². The summed E-state index contributed by atoms with van der Waals surface area (Å²) in [7, 11) is 0. The Morgan fingerprint density at radius 2 is 1.31 bits per heavy atom. The van der Waals surface area contributed by atoms with Crippen molar-refractivity contribution in [1.82, 2.24) is 13.9 Å². The van der Waals surface area contributed by atoms with Gasteiger partial charge in [-0.2, -0.15) is 0 Å². The van der Waals surface area contributed by atoms with Gasteiger partial charge in [-0.1, -0.05) is 78.1 Å². The average molecular weight is 430 g/mol. The molecular formula is C22H43N3O3S. The van der Waals surface area contributed by atoms with E-state index in [0.717, 1.165) is 38.8 Å². The van der Waals surface area contributed by atoms with Crippen LogP contribution in [0.3, 0.4) is 0 Å². The Kier molecular flexibility index (Phi) is 16.3. The molecule has 1 saturated heterocycles. The van der Waals surface area contributed by atoms with Gasteiger partial charge in [-0.05, 0) is 12.8 Å². The first-order valence-corrected chi connectivity index (χ1v) is 12.5. The quantitative estimate of drug-likeness (QED) is 0.222. The number of hydrogen-bond acceptors (Lipinski definition) is 5. The van der Waals surface area contributed by atoms with Gasteiger partial charge in [-0.25, -0.2) is 4.31 Å². The standard InChI is InChI=1S/C22H43N3O3S/c1-3-5-7-9-11-13-15-24(16-14-12-10-8-6-4-2)22(27)21(26)23-29-25-17-19-28-20-18-25/h3-20H2,1-2H3,(H,23,26). The summed E-state index contributed by atoms with van der Waals surface area (Å²) < 4.78 is 10.1. The maximum Gasteiger partial charge on any atom is 0.320 e. The van der Waals surface area contributed by atoms with E-state index in [0.29, 0.717) is 26.3 Å². The lowest BCUT2D eigenvalue weighted by molar-refractivity contribution is -0.145. The molecule has 2 amide bonds. The number of morpholine rings is 1. The minimum atomic E-state index is -0.501. The average Bonchev–Trinajstić information content (AvgIpc) is 2.75. The van der Waals surface area contributed by atoms with Crippen LogP contribution in [0.5, 0.6) is 0 Å². The van der Waals surface area contributed by atoms with E-state index < -0.39 is 5.91 Å². The van der Waals surface area contributed by atoms with Crippen LogP contribution in [0.15, 0.2) is 0 Å².